The van der Waals surface area contributed by atoms with Crippen molar-refractivity contribution in [3.63, 3.8) is 0 Å². The van der Waals surface area contributed by atoms with Crippen molar-refractivity contribution in [3.05, 3.63) is 0 Å². The van der Waals surface area contributed by atoms with E-state index in [2.05, 4.69) is 6.92 Å². The summed E-state index contributed by atoms with van der Waals surface area (Å²) >= 11 is 0. The van der Waals surface area contributed by atoms with Crippen molar-refractivity contribution in [3.8, 4) is 0 Å². The highest BCUT2D eigenvalue weighted by atomic mass is 16.6. The third-order valence-electron chi connectivity index (χ3n) is 7.21. The van der Waals surface area contributed by atoms with Gasteiger partial charge in [0.25, 0.3) is 0 Å². The van der Waals surface area contributed by atoms with Crippen LogP contribution >= 0.6 is 0 Å². The second-order valence-corrected chi connectivity index (χ2v) is 9.66. The van der Waals surface area contributed by atoms with E-state index < -0.39 is 0 Å². The Bertz CT molecular complexity index is 561. The Kier molecular flexibility index (Phi) is 6.72. The molecule has 0 bridgehead atoms. The Labute approximate surface area is 168 Å². The Hall–Kier alpha value is -0.940. The van der Waals surface area contributed by atoms with Crippen molar-refractivity contribution < 1.29 is 23.8 Å². The third-order valence-corrected chi connectivity index (χ3v) is 7.21. The lowest BCUT2D eigenvalue weighted by Gasteiger charge is -2.26. The summed E-state index contributed by atoms with van der Waals surface area (Å²) in [6.07, 6.45) is 12.0. The fraction of sp³-hybridized carbons (Fsp3) is 0.913. The maximum Gasteiger partial charge on any atom is 0.305 e. The number of Topliss-reactive ketones (excluding diaryl/α,β-unsaturated/α-hetero) is 1. The van der Waals surface area contributed by atoms with Crippen molar-refractivity contribution >= 4 is 11.8 Å². The lowest BCUT2D eigenvalue weighted by molar-refractivity contribution is -0.146. The highest BCUT2D eigenvalue weighted by Crippen LogP contribution is 2.49. The summed E-state index contributed by atoms with van der Waals surface area (Å²) in [7, 11) is 0. The van der Waals surface area contributed by atoms with E-state index in [4.69, 9.17) is 14.2 Å². The van der Waals surface area contributed by atoms with Crippen LogP contribution in [0.2, 0.25) is 0 Å². The molecule has 0 radical (unpaired) electrons. The van der Waals surface area contributed by atoms with E-state index >= 15 is 0 Å². The van der Waals surface area contributed by atoms with E-state index in [1.807, 2.05) is 0 Å². The fourth-order valence-corrected chi connectivity index (χ4v) is 5.31. The molecule has 4 aliphatic rings. The van der Waals surface area contributed by atoms with Gasteiger partial charge in [0, 0.05) is 25.4 Å². The maximum absolute atomic E-state index is 12.4. The van der Waals surface area contributed by atoms with Crippen molar-refractivity contribution in [1.29, 1.82) is 0 Å². The van der Waals surface area contributed by atoms with Crippen LogP contribution in [0.15, 0.2) is 0 Å². The molecule has 158 valence electrons. The van der Waals surface area contributed by atoms with Crippen LogP contribution in [0.1, 0.15) is 77.6 Å². The SMILES string of the molecule is CC1CC(COC(=O)CCCCC(=O)[C@@H]2CC2CC2CCC3OC3C2)CCO1. The molecule has 0 N–H and O–H groups in total. The summed E-state index contributed by atoms with van der Waals surface area (Å²) < 4.78 is 16.6. The molecular formula is C23H36O5. The van der Waals surface area contributed by atoms with Crippen LogP contribution in [-0.4, -0.2) is 43.3 Å². The van der Waals surface area contributed by atoms with Gasteiger partial charge in [-0.15, -0.1) is 0 Å². The molecule has 0 aromatic carbocycles. The first kappa shape index (κ1) is 20.3. The number of fused-ring (bicyclic) bond motifs is 1. The van der Waals surface area contributed by atoms with Crippen molar-refractivity contribution in [2.45, 2.75) is 95.9 Å². The molecule has 28 heavy (non-hydrogen) atoms. The van der Waals surface area contributed by atoms with E-state index in [0.717, 1.165) is 44.6 Å². The number of carbonyl (C=O) groups excluding carboxylic acids is 2. The third kappa shape index (κ3) is 5.79. The van der Waals surface area contributed by atoms with E-state index in [9.17, 15) is 9.59 Å². The van der Waals surface area contributed by atoms with Crippen LogP contribution in [0.4, 0.5) is 0 Å². The summed E-state index contributed by atoms with van der Waals surface area (Å²) in [6, 6.07) is 0. The van der Waals surface area contributed by atoms with E-state index in [-0.39, 0.29) is 12.1 Å². The molecule has 4 fully saturated rings. The Morgan fingerprint density at radius 1 is 0.964 bits per heavy atom. The molecule has 6 unspecified atom stereocenters. The molecule has 5 heteroatoms. The number of hydrogen-bond donors (Lipinski definition) is 0. The molecule has 0 amide bonds. The number of rotatable bonds is 10. The zero-order chi connectivity index (χ0) is 19.5. The number of epoxide rings is 1. The van der Waals surface area contributed by atoms with Gasteiger partial charge in [0.15, 0.2) is 0 Å². The summed E-state index contributed by atoms with van der Waals surface area (Å²) in [6.45, 7) is 3.35. The minimum Gasteiger partial charge on any atom is -0.465 e. The highest BCUT2D eigenvalue weighted by molar-refractivity contribution is 5.83. The molecule has 2 heterocycles. The van der Waals surface area contributed by atoms with E-state index in [1.54, 1.807) is 0 Å². The summed E-state index contributed by atoms with van der Waals surface area (Å²) in [5, 5.41) is 0. The highest BCUT2D eigenvalue weighted by Gasteiger charge is 2.48. The number of hydrogen-bond acceptors (Lipinski definition) is 5. The van der Waals surface area contributed by atoms with Crippen LogP contribution in [-0.2, 0) is 23.8 Å². The lowest BCUT2D eigenvalue weighted by Crippen LogP contribution is -2.27. The van der Waals surface area contributed by atoms with Crippen LogP contribution in [0.5, 0.6) is 0 Å². The number of carbonyl (C=O) groups is 2. The van der Waals surface area contributed by atoms with Gasteiger partial charge in [-0.1, -0.05) is 0 Å². The second-order valence-electron chi connectivity index (χ2n) is 9.66. The molecular weight excluding hydrogens is 356 g/mol. The molecule has 7 atom stereocenters. The topological polar surface area (TPSA) is 65.1 Å². The number of unbranched alkanes of at least 4 members (excludes halogenated alkanes) is 1. The van der Waals surface area contributed by atoms with Gasteiger partial charge < -0.3 is 14.2 Å². The van der Waals surface area contributed by atoms with Crippen LogP contribution in [0.3, 0.4) is 0 Å². The monoisotopic (exact) mass is 392 g/mol. The van der Waals surface area contributed by atoms with Gasteiger partial charge in [-0.3, -0.25) is 9.59 Å². The fourth-order valence-electron chi connectivity index (χ4n) is 5.31. The standard InChI is InChI=1S/C23H36O5/c1-15-10-17(8-9-26-15)14-27-23(25)5-3-2-4-20(24)19-13-18(19)11-16-6-7-21-22(12-16)28-21/h15-19,21-22H,2-14H2,1H3/t15?,16?,17?,18?,19-,21?,22?/m1/s1. The Morgan fingerprint density at radius 3 is 2.64 bits per heavy atom. The predicted octanol–water partition coefficient (Wildman–Crippen LogP) is 4.07. The summed E-state index contributed by atoms with van der Waals surface area (Å²) in [5.74, 6) is 2.45. The average Bonchev–Trinajstić information content (AvgIpc) is 3.59. The second kappa shape index (κ2) is 9.25. The minimum absolute atomic E-state index is 0.117. The number of ketones is 1. The molecule has 0 aromatic heterocycles. The minimum atomic E-state index is -0.117. The number of ether oxygens (including phenoxy) is 3. The number of esters is 1. The van der Waals surface area contributed by atoms with E-state index in [1.165, 1.54) is 25.7 Å². The molecule has 2 aliphatic carbocycles. The molecule has 4 rings (SSSR count). The molecule has 5 nitrogen and oxygen atoms in total. The molecule has 2 aliphatic heterocycles. The first-order valence-electron chi connectivity index (χ1n) is 11.5. The van der Waals surface area contributed by atoms with Crippen LogP contribution in [0.25, 0.3) is 0 Å². The van der Waals surface area contributed by atoms with Gasteiger partial charge in [-0.2, -0.15) is 0 Å². The van der Waals surface area contributed by atoms with Crippen molar-refractivity contribution in [2.24, 2.45) is 23.7 Å². The molecule has 0 spiro atoms. The Balaban J connectivity index is 1.02. The summed E-state index contributed by atoms with van der Waals surface area (Å²) in [5.41, 5.74) is 0. The van der Waals surface area contributed by atoms with Gasteiger partial charge in [0.1, 0.15) is 5.78 Å². The summed E-state index contributed by atoms with van der Waals surface area (Å²) in [4.78, 5) is 24.3. The lowest BCUT2D eigenvalue weighted by atomic mass is 9.85. The normalized spacial score (nSPS) is 39.1. The van der Waals surface area contributed by atoms with Crippen LogP contribution in [0, 0.1) is 23.7 Å². The van der Waals surface area contributed by atoms with Gasteiger partial charge in [0.2, 0.25) is 0 Å². The quantitative estimate of drug-likeness (QED) is 0.319. The first-order chi connectivity index (χ1) is 13.6. The zero-order valence-corrected chi connectivity index (χ0v) is 17.3. The zero-order valence-electron chi connectivity index (χ0n) is 17.3. The van der Waals surface area contributed by atoms with Crippen molar-refractivity contribution in [2.75, 3.05) is 13.2 Å². The first-order valence-corrected chi connectivity index (χ1v) is 11.5. The predicted molar refractivity (Wildman–Crippen MR) is 105 cm³/mol. The van der Waals surface area contributed by atoms with Crippen molar-refractivity contribution in [1.82, 2.24) is 0 Å². The molecule has 2 saturated heterocycles. The largest absolute Gasteiger partial charge is 0.465 e. The average molecular weight is 393 g/mol. The van der Waals surface area contributed by atoms with Gasteiger partial charge in [0.05, 0.1) is 24.9 Å². The van der Waals surface area contributed by atoms with Crippen LogP contribution < -0.4 is 0 Å². The Morgan fingerprint density at radius 2 is 1.82 bits per heavy atom. The molecule has 0 aromatic rings. The smallest absolute Gasteiger partial charge is 0.305 e. The molecule has 2 saturated carbocycles. The van der Waals surface area contributed by atoms with Gasteiger partial charge in [-0.25, -0.2) is 0 Å². The maximum atomic E-state index is 12.4. The van der Waals surface area contributed by atoms with Gasteiger partial charge >= 0.3 is 5.97 Å². The van der Waals surface area contributed by atoms with Gasteiger partial charge in [-0.05, 0) is 82.5 Å². The van der Waals surface area contributed by atoms with E-state index in [0.29, 0.717) is 55.2 Å².